The van der Waals surface area contributed by atoms with E-state index in [9.17, 15) is 14.9 Å². The molecule has 0 saturated heterocycles. The molecule has 114 valence electrons. The second kappa shape index (κ2) is 6.71. The normalized spacial score (nSPS) is 10.1. The third kappa shape index (κ3) is 3.22. The lowest BCUT2D eigenvalue weighted by molar-refractivity contribution is -0.384. The fraction of sp³-hybridized carbons (Fsp3) is 0.188. The maximum Gasteiger partial charge on any atom is 0.338 e. The smallest absolute Gasteiger partial charge is 0.338 e. The Morgan fingerprint density at radius 2 is 2.00 bits per heavy atom. The minimum Gasteiger partial charge on any atom is -0.497 e. The summed E-state index contributed by atoms with van der Waals surface area (Å²) in [7, 11) is 1.53. The summed E-state index contributed by atoms with van der Waals surface area (Å²) in [5.41, 5.74) is 1.05. The van der Waals surface area contributed by atoms with Crippen LogP contribution in [0.15, 0.2) is 42.5 Å². The van der Waals surface area contributed by atoms with Crippen molar-refractivity contribution in [3.8, 4) is 16.9 Å². The van der Waals surface area contributed by atoms with Gasteiger partial charge in [0.2, 0.25) is 0 Å². The molecule has 0 saturated carbocycles. The third-order valence-electron chi connectivity index (χ3n) is 3.09. The second-order valence-electron chi connectivity index (χ2n) is 4.44. The van der Waals surface area contributed by atoms with Gasteiger partial charge in [0.25, 0.3) is 5.69 Å². The molecule has 0 aliphatic rings. The van der Waals surface area contributed by atoms with E-state index in [1.165, 1.54) is 19.2 Å². The molecular formula is C16H15NO5. The number of hydrogen-bond donors (Lipinski definition) is 0. The van der Waals surface area contributed by atoms with Crippen LogP contribution in [0.4, 0.5) is 5.69 Å². The monoisotopic (exact) mass is 301 g/mol. The van der Waals surface area contributed by atoms with E-state index in [-0.39, 0.29) is 17.9 Å². The number of ether oxygens (including phenoxy) is 2. The first-order valence-electron chi connectivity index (χ1n) is 6.66. The molecule has 0 aromatic heterocycles. The summed E-state index contributed by atoms with van der Waals surface area (Å²) in [6, 6.07) is 11.2. The molecule has 6 heteroatoms. The number of esters is 1. The van der Waals surface area contributed by atoms with Crippen molar-refractivity contribution in [2.75, 3.05) is 13.7 Å². The SMILES string of the molecule is CCOC(=O)c1ccc(-c2cccc(OC)c2)c([N+](=O)[O-])c1. The molecule has 0 fully saturated rings. The van der Waals surface area contributed by atoms with Gasteiger partial charge >= 0.3 is 5.97 Å². The molecule has 0 bridgehead atoms. The molecule has 0 heterocycles. The van der Waals surface area contributed by atoms with Gasteiger partial charge in [-0.05, 0) is 36.8 Å². The van der Waals surface area contributed by atoms with Gasteiger partial charge in [-0.1, -0.05) is 12.1 Å². The number of methoxy groups -OCH3 is 1. The summed E-state index contributed by atoms with van der Waals surface area (Å²) in [4.78, 5) is 22.5. The Bertz CT molecular complexity index is 711. The van der Waals surface area contributed by atoms with Gasteiger partial charge in [-0.3, -0.25) is 10.1 Å². The van der Waals surface area contributed by atoms with Crippen LogP contribution in [0.25, 0.3) is 11.1 Å². The Kier molecular flexibility index (Phi) is 4.73. The molecule has 0 radical (unpaired) electrons. The average molecular weight is 301 g/mol. The van der Waals surface area contributed by atoms with Gasteiger partial charge in [0.1, 0.15) is 5.75 Å². The van der Waals surface area contributed by atoms with Crippen LogP contribution in [0.3, 0.4) is 0 Å². The van der Waals surface area contributed by atoms with Crippen LogP contribution >= 0.6 is 0 Å². The van der Waals surface area contributed by atoms with E-state index in [2.05, 4.69) is 0 Å². The number of hydrogen-bond acceptors (Lipinski definition) is 5. The maximum absolute atomic E-state index is 11.7. The summed E-state index contributed by atoms with van der Waals surface area (Å²) < 4.78 is 9.99. The standard InChI is InChI=1S/C16H15NO5/c1-3-22-16(18)12-7-8-14(15(10-12)17(19)20)11-5-4-6-13(9-11)21-2/h4-10H,3H2,1-2H3. The van der Waals surface area contributed by atoms with Crippen LogP contribution in [-0.2, 0) is 4.74 Å². The van der Waals surface area contributed by atoms with Crippen molar-refractivity contribution in [2.45, 2.75) is 6.92 Å². The van der Waals surface area contributed by atoms with E-state index in [0.717, 1.165) is 0 Å². The van der Waals surface area contributed by atoms with Gasteiger partial charge in [0.05, 0.1) is 29.8 Å². The molecule has 0 amide bonds. The number of nitro benzene ring substituents is 1. The largest absolute Gasteiger partial charge is 0.497 e. The lowest BCUT2D eigenvalue weighted by Gasteiger charge is -2.07. The van der Waals surface area contributed by atoms with Gasteiger partial charge in [0, 0.05) is 6.07 Å². The molecule has 0 atom stereocenters. The summed E-state index contributed by atoms with van der Waals surface area (Å²) >= 11 is 0. The Hall–Kier alpha value is -2.89. The molecule has 22 heavy (non-hydrogen) atoms. The molecule has 0 aliphatic heterocycles. The Morgan fingerprint density at radius 3 is 2.64 bits per heavy atom. The lowest BCUT2D eigenvalue weighted by Crippen LogP contribution is -2.05. The van der Waals surface area contributed by atoms with Crippen molar-refractivity contribution in [3.05, 3.63) is 58.1 Å². The first-order chi connectivity index (χ1) is 10.6. The third-order valence-corrected chi connectivity index (χ3v) is 3.09. The van der Waals surface area contributed by atoms with E-state index in [1.54, 1.807) is 37.3 Å². The van der Waals surface area contributed by atoms with Crippen LogP contribution in [0, 0.1) is 10.1 Å². The molecule has 0 aliphatic carbocycles. The van der Waals surface area contributed by atoms with Crippen molar-refractivity contribution < 1.29 is 19.2 Å². The van der Waals surface area contributed by atoms with Crippen LogP contribution in [0.2, 0.25) is 0 Å². The highest BCUT2D eigenvalue weighted by atomic mass is 16.6. The van der Waals surface area contributed by atoms with Crippen molar-refractivity contribution in [1.82, 2.24) is 0 Å². The van der Waals surface area contributed by atoms with Crippen molar-refractivity contribution >= 4 is 11.7 Å². The van der Waals surface area contributed by atoms with E-state index in [4.69, 9.17) is 9.47 Å². The van der Waals surface area contributed by atoms with E-state index >= 15 is 0 Å². The van der Waals surface area contributed by atoms with Gasteiger partial charge < -0.3 is 9.47 Å². The number of rotatable bonds is 5. The highest BCUT2D eigenvalue weighted by molar-refractivity contribution is 5.92. The molecule has 0 unspecified atom stereocenters. The first kappa shape index (κ1) is 15.5. The van der Waals surface area contributed by atoms with Crippen LogP contribution in [0.5, 0.6) is 5.75 Å². The number of benzene rings is 2. The average Bonchev–Trinajstić information content (AvgIpc) is 2.54. The Balaban J connectivity index is 2.51. The van der Waals surface area contributed by atoms with Gasteiger partial charge in [0.15, 0.2) is 0 Å². The van der Waals surface area contributed by atoms with Gasteiger partial charge in [-0.15, -0.1) is 0 Å². The molecular weight excluding hydrogens is 286 g/mol. The topological polar surface area (TPSA) is 78.7 Å². The number of nitrogens with zero attached hydrogens (tertiary/aromatic N) is 1. The molecule has 0 N–H and O–H groups in total. The molecule has 6 nitrogen and oxygen atoms in total. The minimum absolute atomic E-state index is 0.153. The molecule has 0 spiro atoms. The Morgan fingerprint density at radius 1 is 1.23 bits per heavy atom. The number of carbonyl (C=O) groups excluding carboxylic acids is 1. The van der Waals surface area contributed by atoms with Crippen LogP contribution < -0.4 is 4.74 Å². The first-order valence-corrected chi connectivity index (χ1v) is 6.66. The van der Waals surface area contributed by atoms with E-state index < -0.39 is 10.9 Å². The predicted octanol–water partition coefficient (Wildman–Crippen LogP) is 3.45. The zero-order valence-electron chi connectivity index (χ0n) is 12.2. The number of nitro groups is 1. The quantitative estimate of drug-likeness (QED) is 0.480. The highest BCUT2D eigenvalue weighted by Crippen LogP contribution is 2.32. The van der Waals surface area contributed by atoms with E-state index in [0.29, 0.717) is 16.9 Å². The van der Waals surface area contributed by atoms with Gasteiger partial charge in [-0.2, -0.15) is 0 Å². The summed E-state index contributed by atoms with van der Waals surface area (Å²) in [5.74, 6) is 0.0176. The fourth-order valence-electron chi connectivity index (χ4n) is 2.06. The summed E-state index contributed by atoms with van der Waals surface area (Å²) in [6.07, 6.45) is 0. The molecule has 2 aromatic carbocycles. The van der Waals surface area contributed by atoms with Gasteiger partial charge in [-0.25, -0.2) is 4.79 Å². The van der Waals surface area contributed by atoms with Crippen LogP contribution in [-0.4, -0.2) is 24.6 Å². The van der Waals surface area contributed by atoms with E-state index in [1.807, 2.05) is 0 Å². The zero-order valence-corrected chi connectivity index (χ0v) is 12.2. The predicted molar refractivity (Wildman–Crippen MR) is 81.0 cm³/mol. The Labute approximate surface area is 127 Å². The number of carbonyl (C=O) groups is 1. The van der Waals surface area contributed by atoms with Crippen LogP contribution in [0.1, 0.15) is 17.3 Å². The summed E-state index contributed by atoms with van der Waals surface area (Å²) in [6.45, 7) is 1.89. The molecule has 2 rings (SSSR count). The maximum atomic E-state index is 11.7. The fourth-order valence-corrected chi connectivity index (χ4v) is 2.06. The van der Waals surface area contributed by atoms with Crippen molar-refractivity contribution in [1.29, 1.82) is 0 Å². The lowest BCUT2D eigenvalue weighted by atomic mass is 10.0. The van der Waals surface area contributed by atoms with Crippen molar-refractivity contribution in [3.63, 3.8) is 0 Å². The summed E-state index contributed by atoms with van der Waals surface area (Å²) in [5, 5.41) is 11.3. The zero-order chi connectivity index (χ0) is 16.1. The molecule has 2 aromatic rings. The minimum atomic E-state index is -0.581. The highest BCUT2D eigenvalue weighted by Gasteiger charge is 2.19. The van der Waals surface area contributed by atoms with Crippen molar-refractivity contribution in [2.24, 2.45) is 0 Å². The second-order valence-corrected chi connectivity index (χ2v) is 4.44.